The van der Waals surface area contributed by atoms with Crippen LogP contribution in [0.3, 0.4) is 0 Å². The standard InChI is InChI=1S/C5H12N6O3P2S/c1-3-2-4(14-15(6,7)12)11-5(10-3)17-16(8,9)13/h2H,1H3,(H4,6,7,12)(H4,8,9,13). The zero-order valence-corrected chi connectivity index (χ0v) is 11.4. The maximum atomic E-state index is 11.2. The van der Waals surface area contributed by atoms with Gasteiger partial charge in [-0.15, -0.1) is 0 Å². The molecular weight excluding hydrogens is 286 g/mol. The predicted octanol–water partition coefficient (Wildman–Crippen LogP) is 0.307. The summed E-state index contributed by atoms with van der Waals surface area (Å²) in [6, 6.07) is 1.37. The van der Waals surface area contributed by atoms with Crippen molar-refractivity contribution in [3.05, 3.63) is 11.8 Å². The van der Waals surface area contributed by atoms with Gasteiger partial charge in [0.1, 0.15) is 0 Å². The quantitative estimate of drug-likeness (QED) is 0.447. The van der Waals surface area contributed by atoms with E-state index >= 15 is 0 Å². The third kappa shape index (κ3) is 6.13. The summed E-state index contributed by atoms with van der Waals surface area (Å²) in [5.74, 6) is -0.0956. The van der Waals surface area contributed by atoms with Crippen molar-refractivity contribution >= 4 is 25.7 Å². The van der Waals surface area contributed by atoms with E-state index in [2.05, 4.69) is 9.97 Å². The van der Waals surface area contributed by atoms with Crippen LogP contribution in [0.4, 0.5) is 0 Å². The van der Waals surface area contributed by atoms with Crippen LogP contribution in [0.15, 0.2) is 11.2 Å². The van der Waals surface area contributed by atoms with Crippen LogP contribution in [0.25, 0.3) is 0 Å². The van der Waals surface area contributed by atoms with E-state index in [1.807, 2.05) is 0 Å². The average Bonchev–Trinajstić information content (AvgIpc) is 1.93. The molecule has 0 fully saturated rings. The van der Waals surface area contributed by atoms with E-state index in [0.717, 1.165) is 0 Å². The maximum Gasteiger partial charge on any atom is 0.386 e. The molecule has 96 valence electrons. The van der Waals surface area contributed by atoms with Crippen LogP contribution < -0.4 is 26.5 Å². The predicted molar refractivity (Wildman–Crippen MR) is 65.2 cm³/mol. The molecule has 0 bridgehead atoms. The lowest BCUT2D eigenvalue weighted by Gasteiger charge is -2.10. The second-order valence-electron chi connectivity index (χ2n) is 3.10. The van der Waals surface area contributed by atoms with Gasteiger partial charge in [-0.1, -0.05) is 0 Å². The van der Waals surface area contributed by atoms with Gasteiger partial charge in [0, 0.05) is 23.1 Å². The monoisotopic (exact) mass is 298 g/mol. The van der Waals surface area contributed by atoms with Crippen molar-refractivity contribution in [2.75, 3.05) is 0 Å². The highest BCUT2D eigenvalue weighted by atomic mass is 32.7. The van der Waals surface area contributed by atoms with Crippen molar-refractivity contribution < 1.29 is 13.7 Å². The van der Waals surface area contributed by atoms with E-state index in [4.69, 9.17) is 26.5 Å². The molecule has 8 N–H and O–H groups in total. The van der Waals surface area contributed by atoms with Crippen LogP contribution >= 0.6 is 25.7 Å². The molecule has 1 aromatic heterocycles. The molecule has 12 heteroatoms. The van der Waals surface area contributed by atoms with Crippen LogP contribution in [0.1, 0.15) is 5.69 Å². The number of aryl methyl sites for hydroxylation is 1. The molecule has 0 aliphatic rings. The first-order chi connectivity index (χ1) is 7.55. The Balaban J connectivity index is 3.03. The Morgan fingerprint density at radius 1 is 1.24 bits per heavy atom. The van der Waals surface area contributed by atoms with Crippen molar-refractivity contribution in [1.29, 1.82) is 0 Å². The Hall–Kier alpha value is -0.470. The molecule has 0 unspecified atom stereocenters. The summed E-state index contributed by atoms with van der Waals surface area (Å²) in [4.78, 5) is 7.69. The molecular formula is C5H12N6O3P2S. The highest BCUT2D eigenvalue weighted by Crippen LogP contribution is 2.47. The largest absolute Gasteiger partial charge is 0.404 e. The van der Waals surface area contributed by atoms with Gasteiger partial charge in [0.25, 0.3) is 6.65 Å². The van der Waals surface area contributed by atoms with Gasteiger partial charge in [-0.2, -0.15) is 4.98 Å². The van der Waals surface area contributed by atoms with Gasteiger partial charge in [-0.05, 0) is 6.92 Å². The van der Waals surface area contributed by atoms with E-state index in [9.17, 15) is 9.13 Å². The third-order valence-corrected chi connectivity index (χ3v) is 3.72. The first-order valence-electron chi connectivity index (χ1n) is 4.14. The Bertz CT molecular complexity index is 470. The SMILES string of the molecule is Cc1cc(OP(N)(N)=O)nc(SP(N)(N)=O)n1. The van der Waals surface area contributed by atoms with Crippen molar-refractivity contribution in [2.24, 2.45) is 22.0 Å². The molecule has 0 radical (unpaired) electrons. The van der Waals surface area contributed by atoms with E-state index < -0.39 is 14.3 Å². The topological polar surface area (TPSA) is 173 Å². The van der Waals surface area contributed by atoms with Crippen LogP contribution in [0.2, 0.25) is 0 Å². The summed E-state index contributed by atoms with van der Waals surface area (Å²) < 4.78 is 27.0. The maximum absolute atomic E-state index is 11.2. The van der Waals surface area contributed by atoms with Gasteiger partial charge >= 0.3 is 7.67 Å². The molecule has 0 saturated heterocycles. The summed E-state index contributed by atoms with van der Waals surface area (Å²) in [6.45, 7) is -1.75. The van der Waals surface area contributed by atoms with Gasteiger partial charge < -0.3 is 4.52 Å². The van der Waals surface area contributed by atoms with Crippen molar-refractivity contribution in [1.82, 2.24) is 9.97 Å². The van der Waals surface area contributed by atoms with Crippen molar-refractivity contribution in [3.63, 3.8) is 0 Å². The first-order valence-corrected chi connectivity index (χ1v) is 9.17. The highest BCUT2D eigenvalue weighted by Gasteiger charge is 2.17. The molecule has 0 saturated carbocycles. The number of hydrogen-bond acceptors (Lipinski definition) is 6. The summed E-state index contributed by atoms with van der Waals surface area (Å²) in [5, 5.41) is 0.0294. The van der Waals surface area contributed by atoms with Crippen LogP contribution in [0, 0.1) is 6.92 Å². The Labute approximate surface area is 101 Å². The Morgan fingerprint density at radius 2 is 1.82 bits per heavy atom. The molecule has 0 aromatic carbocycles. The number of nitrogens with zero attached hydrogens (tertiary/aromatic N) is 2. The number of aromatic nitrogens is 2. The zero-order chi connectivity index (χ0) is 13.3. The molecule has 0 amide bonds. The molecule has 1 aromatic rings. The molecule has 9 nitrogen and oxygen atoms in total. The molecule has 0 spiro atoms. The average molecular weight is 298 g/mol. The summed E-state index contributed by atoms with van der Waals surface area (Å²) in [5.41, 5.74) is 20.9. The van der Waals surface area contributed by atoms with Crippen molar-refractivity contribution in [2.45, 2.75) is 12.1 Å². The summed E-state index contributed by atoms with van der Waals surface area (Å²) in [7, 11) is -3.71. The minimum Gasteiger partial charge on any atom is -0.404 e. The first kappa shape index (κ1) is 14.6. The lowest BCUT2D eigenvalue weighted by Crippen LogP contribution is -2.12. The molecule has 0 atom stereocenters. The van der Waals surface area contributed by atoms with E-state index in [1.165, 1.54) is 6.07 Å². The van der Waals surface area contributed by atoms with Crippen LogP contribution in [-0.2, 0) is 9.13 Å². The summed E-state index contributed by atoms with van der Waals surface area (Å²) >= 11 is 0.593. The van der Waals surface area contributed by atoms with Gasteiger partial charge in [-0.3, -0.25) is 15.6 Å². The number of hydrogen-bond donors (Lipinski definition) is 4. The fourth-order valence-electron chi connectivity index (χ4n) is 0.875. The molecule has 1 heterocycles. The Morgan fingerprint density at radius 3 is 2.29 bits per heavy atom. The molecule has 1 rings (SSSR count). The van der Waals surface area contributed by atoms with Gasteiger partial charge in [0.15, 0.2) is 0 Å². The molecule has 0 aliphatic heterocycles. The number of rotatable bonds is 4. The minimum absolute atomic E-state index is 0.0294. The molecule has 17 heavy (non-hydrogen) atoms. The van der Waals surface area contributed by atoms with Crippen LogP contribution in [0.5, 0.6) is 5.88 Å². The van der Waals surface area contributed by atoms with E-state index in [1.54, 1.807) is 6.92 Å². The fourth-order valence-corrected chi connectivity index (χ4v) is 2.84. The minimum atomic E-state index is -3.71. The lowest BCUT2D eigenvalue weighted by molar-refractivity contribution is 0.470. The van der Waals surface area contributed by atoms with Gasteiger partial charge in [0.2, 0.25) is 11.0 Å². The Kier molecular flexibility index (Phi) is 4.32. The molecule has 0 aliphatic carbocycles. The third-order valence-electron chi connectivity index (χ3n) is 1.27. The fraction of sp³-hybridized carbons (Fsp3) is 0.200. The van der Waals surface area contributed by atoms with Crippen molar-refractivity contribution in [3.8, 4) is 5.88 Å². The normalized spacial score (nSPS) is 12.5. The second-order valence-corrected chi connectivity index (χ2v) is 8.67. The van der Waals surface area contributed by atoms with Gasteiger partial charge in [0.05, 0.1) is 0 Å². The zero-order valence-electron chi connectivity index (χ0n) is 8.81. The van der Waals surface area contributed by atoms with Gasteiger partial charge in [-0.25, -0.2) is 20.6 Å². The number of nitrogens with two attached hydrogens (primary N) is 4. The lowest BCUT2D eigenvalue weighted by atomic mass is 10.4. The second kappa shape index (κ2) is 5.03. The highest BCUT2D eigenvalue weighted by molar-refractivity contribution is 8.56. The van der Waals surface area contributed by atoms with E-state index in [0.29, 0.717) is 17.1 Å². The smallest absolute Gasteiger partial charge is 0.386 e. The summed E-state index contributed by atoms with van der Waals surface area (Å²) in [6.07, 6.45) is 0. The van der Waals surface area contributed by atoms with E-state index in [-0.39, 0.29) is 11.0 Å². The van der Waals surface area contributed by atoms with Crippen LogP contribution in [-0.4, -0.2) is 9.97 Å².